The molecule has 3 aromatic rings. The molecular weight excluding hydrogens is 481 g/mol. The van der Waals surface area contributed by atoms with E-state index in [9.17, 15) is 9.18 Å². The van der Waals surface area contributed by atoms with E-state index in [4.69, 9.17) is 11.5 Å². The number of halogens is 3. The minimum absolute atomic E-state index is 0.0700. The lowest BCUT2D eigenvalue weighted by atomic mass is 9.69. The highest BCUT2D eigenvalue weighted by Gasteiger charge is 2.42. The number of anilines is 1. The van der Waals surface area contributed by atoms with Gasteiger partial charge >= 0.3 is 0 Å². The lowest BCUT2D eigenvalue weighted by Crippen LogP contribution is -2.53. The maximum atomic E-state index is 16.6. The first-order valence-corrected chi connectivity index (χ1v) is 11.9. The van der Waals surface area contributed by atoms with Crippen molar-refractivity contribution in [1.29, 1.82) is 0 Å². The maximum Gasteiger partial charge on any atom is 0.168 e. The lowest BCUT2D eigenvalue weighted by molar-refractivity contribution is 0.111. The van der Waals surface area contributed by atoms with Gasteiger partial charge in [-0.15, -0.1) is 0 Å². The van der Waals surface area contributed by atoms with Crippen LogP contribution in [0.2, 0.25) is 0 Å². The van der Waals surface area contributed by atoms with Gasteiger partial charge in [-0.25, -0.2) is 18.2 Å². The number of alkyl halides is 1. The SMILES string of the molecule is CNc1cnccc1C1CC(N)C(N/C=C\N)C(C(F)c2cccc(F)c2-c2nc(C=O)ccc2F)C1. The quantitative estimate of drug-likeness (QED) is 0.336. The minimum atomic E-state index is -1.75. The van der Waals surface area contributed by atoms with E-state index in [2.05, 4.69) is 20.6 Å². The monoisotopic (exact) mass is 510 g/mol. The van der Waals surface area contributed by atoms with Gasteiger partial charge in [-0.05, 0) is 54.2 Å². The Morgan fingerprint density at radius 2 is 1.95 bits per heavy atom. The topological polar surface area (TPSA) is 119 Å². The number of aldehydes is 1. The number of nitrogens with zero attached hydrogens (tertiary/aromatic N) is 2. The summed E-state index contributed by atoms with van der Waals surface area (Å²) >= 11 is 0. The van der Waals surface area contributed by atoms with Gasteiger partial charge in [-0.3, -0.25) is 9.78 Å². The second kappa shape index (κ2) is 11.4. The number of aromatic nitrogens is 2. The smallest absolute Gasteiger partial charge is 0.168 e. The highest BCUT2D eigenvalue weighted by molar-refractivity contribution is 5.75. The van der Waals surface area contributed by atoms with Gasteiger partial charge in [-0.1, -0.05) is 12.1 Å². The molecule has 1 fully saturated rings. The highest BCUT2D eigenvalue weighted by Crippen LogP contribution is 2.46. The van der Waals surface area contributed by atoms with Gasteiger partial charge in [0.1, 0.15) is 29.2 Å². The molecule has 0 amide bonds. The Kier molecular flexibility index (Phi) is 8.08. The fraction of sp³-hybridized carbons (Fsp3) is 0.296. The van der Waals surface area contributed by atoms with Crippen molar-refractivity contribution in [2.45, 2.75) is 37.0 Å². The van der Waals surface area contributed by atoms with Crippen molar-refractivity contribution < 1.29 is 18.0 Å². The minimum Gasteiger partial charge on any atom is -0.403 e. The number of nitrogens with one attached hydrogen (secondary N) is 2. The molecule has 37 heavy (non-hydrogen) atoms. The van der Waals surface area contributed by atoms with Crippen LogP contribution < -0.4 is 22.1 Å². The molecule has 4 rings (SSSR count). The molecular formula is C27H29F3N6O. The molecule has 1 aliphatic carbocycles. The van der Waals surface area contributed by atoms with E-state index in [0.717, 1.165) is 23.4 Å². The Balaban J connectivity index is 1.80. The summed E-state index contributed by atoms with van der Waals surface area (Å²) in [5, 5.41) is 6.21. The van der Waals surface area contributed by atoms with Crippen LogP contribution in [0.15, 0.2) is 61.2 Å². The summed E-state index contributed by atoms with van der Waals surface area (Å²) in [4.78, 5) is 19.4. The molecule has 2 aromatic heterocycles. The van der Waals surface area contributed by atoms with Gasteiger partial charge in [0.25, 0.3) is 0 Å². The number of nitrogens with two attached hydrogens (primary N) is 2. The molecule has 0 radical (unpaired) electrons. The summed E-state index contributed by atoms with van der Waals surface area (Å²) in [6.07, 6.45) is 5.77. The van der Waals surface area contributed by atoms with Crippen molar-refractivity contribution in [1.82, 2.24) is 15.3 Å². The number of hydrogen-bond acceptors (Lipinski definition) is 7. The second-order valence-corrected chi connectivity index (χ2v) is 9.05. The number of pyridine rings is 2. The molecule has 1 saturated carbocycles. The average molecular weight is 511 g/mol. The zero-order chi connectivity index (χ0) is 26.5. The van der Waals surface area contributed by atoms with Crippen LogP contribution in [0.1, 0.15) is 46.5 Å². The van der Waals surface area contributed by atoms with Crippen LogP contribution in [-0.2, 0) is 0 Å². The van der Waals surface area contributed by atoms with Gasteiger partial charge < -0.3 is 22.1 Å². The number of carbonyl (C=O) groups is 1. The molecule has 2 heterocycles. The molecule has 1 aromatic carbocycles. The summed E-state index contributed by atoms with van der Waals surface area (Å²) in [6.45, 7) is 0. The van der Waals surface area contributed by atoms with E-state index in [1.807, 2.05) is 6.07 Å². The largest absolute Gasteiger partial charge is 0.403 e. The summed E-state index contributed by atoms with van der Waals surface area (Å²) in [5.41, 5.74) is 12.9. The molecule has 0 saturated heterocycles. The fourth-order valence-electron chi connectivity index (χ4n) is 5.25. The maximum absolute atomic E-state index is 16.6. The van der Waals surface area contributed by atoms with Crippen LogP contribution in [0.25, 0.3) is 11.3 Å². The first kappa shape index (κ1) is 26.2. The molecule has 0 aliphatic heterocycles. The fourth-order valence-corrected chi connectivity index (χ4v) is 5.25. The molecule has 7 nitrogen and oxygen atoms in total. The third-order valence-electron chi connectivity index (χ3n) is 6.93. The molecule has 10 heteroatoms. The van der Waals surface area contributed by atoms with Crippen LogP contribution in [-0.4, -0.2) is 35.4 Å². The Hall–Kier alpha value is -3.92. The van der Waals surface area contributed by atoms with Crippen molar-refractivity contribution in [2.75, 3.05) is 12.4 Å². The van der Waals surface area contributed by atoms with Crippen LogP contribution in [0.3, 0.4) is 0 Å². The van der Waals surface area contributed by atoms with Crippen LogP contribution in [0, 0.1) is 17.6 Å². The Morgan fingerprint density at radius 1 is 1.14 bits per heavy atom. The number of carbonyl (C=O) groups excluding carboxylic acids is 1. The molecule has 0 spiro atoms. The van der Waals surface area contributed by atoms with Gasteiger partial charge in [-0.2, -0.15) is 0 Å². The summed E-state index contributed by atoms with van der Waals surface area (Å²) in [6, 6.07) is 6.94. The van der Waals surface area contributed by atoms with Crippen LogP contribution in [0.4, 0.5) is 18.9 Å². The number of benzene rings is 1. The third kappa shape index (κ3) is 5.29. The van der Waals surface area contributed by atoms with E-state index in [-0.39, 0.29) is 22.7 Å². The molecule has 5 atom stereocenters. The number of rotatable bonds is 8. The zero-order valence-electron chi connectivity index (χ0n) is 20.2. The van der Waals surface area contributed by atoms with E-state index in [0.29, 0.717) is 19.1 Å². The average Bonchev–Trinajstić information content (AvgIpc) is 2.92. The van der Waals surface area contributed by atoms with Crippen LogP contribution in [0.5, 0.6) is 0 Å². The van der Waals surface area contributed by atoms with E-state index < -0.39 is 41.5 Å². The Bertz CT molecular complexity index is 1290. The second-order valence-electron chi connectivity index (χ2n) is 9.05. The first-order valence-electron chi connectivity index (χ1n) is 11.9. The van der Waals surface area contributed by atoms with Gasteiger partial charge in [0.05, 0.1) is 11.9 Å². The van der Waals surface area contributed by atoms with E-state index in [1.165, 1.54) is 30.6 Å². The van der Waals surface area contributed by atoms with Gasteiger partial charge in [0.15, 0.2) is 6.29 Å². The Labute approximate surface area is 213 Å². The van der Waals surface area contributed by atoms with Gasteiger partial charge in [0.2, 0.25) is 0 Å². The third-order valence-corrected chi connectivity index (χ3v) is 6.93. The van der Waals surface area contributed by atoms with Crippen molar-refractivity contribution in [3.63, 3.8) is 0 Å². The van der Waals surface area contributed by atoms with E-state index in [1.54, 1.807) is 19.4 Å². The predicted molar refractivity (Wildman–Crippen MR) is 136 cm³/mol. The molecule has 6 N–H and O–H groups in total. The van der Waals surface area contributed by atoms with E-state index >= 15 is 8.78 Å². The summed E-state index contributed by atoms with van der Waals surface area (Å²) in [5.74, 6) is -2.56. The normalized spacial score (nSPS) is 22.5. The first-order chi connectivity index (χ1) is 17.9. The molecule has 1 aliphatic rings. The van der Waals surface area contributed by atoms with Gasteiger partial charge in [0, 0.05) is 49.2 Å². The molecule has 0 bridgehead atoms. The highest BCUT2D eigenvalue weighted by atomic mass is 19.1. The van der Waals surface area contributed by atoms with Crippen LogP contribution >= 0.6 is 0 Å². The van der Waals surface area contributed by atoms with Crippen molar-refractivity contribution in [3.05, 3.63) is 89.6 Å². The van der Waals surface area contributed by atoms with Crippen molar-refractivity contribution >= 4 is 12.0 Å². The summed E-state index contributed by atoms with van der Waals surface area (Å²) in [7, 11) is 1.78. The summed E-state index contributed by atoms with van der Waals surface area (Å²) < 4.78 is 46.6. The molecule has 194 valence electrons. The lowest BCUT2D eigenvalue weighted by Gasteiger charge is -2.42. The molecule has 5 unspecified atom stereocenters. The number of hydrogen-bond donors (Lipinski definition) is 4. The van der Waals surface area contributed by atoms with Crippen molar-refractivity contribution in [2.24, 2.45) is 17.4 Å². The standard InChI is InChI=1S/C27H29F3N6O/c1-33-23-13-34-9-7-17(23)15-11-19(26(22(32)12-15)35-10-8-31)25(30)18-3-2-4-20(28)24(18)27-21(29)6-5-16(14-37)36-27/h2-10,13-15,19,22,25-26,33,35H,11-12,31-32H2,1H3/b10-8-. The predicted octanol–water partition coefficient (Wildman–Crippen LogP) is 4.20. The zero-order valence-corrected chi connectivity index (χ0v) is 20.2. The van der Waals surface area contributed by atoms with Crippen molar-refractivity contribution in [3.8, 4) is 11.3 Å². The Morgan fingerprint density at radius 3 is 2.68 bits per heavy atom.